The van der Waals surface area contributed by atoms with Crippen LogP contribution in [0.15, 0.2) is 6.07 Å². The first-order chi connectivity index (χ1) is 7.52. The predicted molar refractivity (Wildman–Crippen MR) is 66.7 cm³/mol. The first-order valence-electron chi connectivity index (χ1n) is 5.69. The van der Waals surface area contributed by atoms with Crippen LogP contribution in [0, 0.1) is 20.8 Å². The Labute approximate surface area is 96.2 Å². The molecule has 2 rings (SSSR count). The zero-order chi connectivity index (χ0) is 11.9. The van der Waals surface area contributed by atoms with Crippen LogP contribution in [0.1, 0.15) is 29.5 Å². The minimum atomic E-state index is 0.217. The van der Waals surface area contributed by atoms with Gasteiger partial charge in [0.1, 0.15) is 0 Å². The maximum Gasteiger partial charge on any atom is 0.227 e. The number of carbonyl (C=O) groups excluding carboxylic acids is 1. The summed E-state index contributed by atoms with van der Waals surface area (Å²) in [4.78, 5) is 13.6. The van der Waals surface area contributed by atoms with Gasteiger partial charge in [0.25, 0.3) is 0 Å². The highest BCUT2D eigenvalue weighted by molar-refractivity contribution is 5.97. The van der Waals surface area contributed by atoms with Gasteiger partial charge in [0.05, 0.1) is 5.69 Å². The molecular formula is C13H18N2O. The van der Waals surface area contributed by atoms with Gasteiger partial charge in [-0.3, -0.25) is 4.79 Å². The Balaban J connectivity index is 2.56. The van der Waals surface area contributed by atoms with Crippen LogP contribution < -0.4 is 10.6 Å². The number of anilines is 2. The Morgan fingerprint density at radius 3 is 2.50 bits per heavy atom. The minimum Gasteiger partial charge on any atom is -0.398 e. The summed E-state index contributed by atoms with van der Waals surface area (Å²) in [6.07, 6.45) is 1.61. The Morgan fingerprint density at radius 2 is 1.94 bits per heavy atom. The molecule has 2 N–H and O–H groups in total. The summed E-state index contributed by atoms with van der Waals surface area (Å²) >= 11 is 0. The van der Waals surface area contributed by atoms with Gasteiger partial charge in [-0.2, -0.15) is 0 Å². The summed E-state index contributed by atoms with van der Waals surface area (Å²) in [5.74, 6) is 0.217. The molecule has 0 saturated carbocycles. The maximum absolute atomic E-state index is 11.8. The molecule has 0 unspecified atom stereocenters. The Morgan fingerprint density at radius 1 is 1.25 bits per heavy atom. The summed E-state index contributed by atoms with van der Waals surface area (Å²) in [5.41, 5.74) is 11.1. The van der Waals surface area contributed by atoms with Gasteiger partial charge < -0.3 is 10.6 Å². The number of nitrogens with two attached hydrogens (primary N) is 1. The lowest BCUT2D eigenvalue weighted by atomic mass is 10.0. The Hall–Kier alpha value is -1.51. The number of aryl methyl sites for hydroxylation is 2. The van der Waals surface area contributed by atoms with Crippen LogP contribution in [-0.2, 0) is 4.79 Å². The summed E-state index contributed by atoms with van der Waals surface area (Å²) in [7, 11) is 0. The van der Waals surface area contributed by atoms with Crippen LogP contribution >= 0.6 is 0 Å². The fraction of sp³-hybridized carbons (Fsp3) is 0.462. The van der Waals surface area contributed by atoms with Crippen molar-refractivity contribution in [3.05, 3.63) is 22.8 Å². The van der Waals surface area contributed by atoms with Gasteiger partial charge >= 0.3 is 0 Å². The largest absolute Gasteiger partial charge is 0.398 e. The van der Waals surface area contributed by atoms with Crippen LogP contribution in [0.4, 0.5) is 11.4 Å². The zero-order valence-corrected chi connectivity index (χ0v) is 10.1. The van der Waals surface area contributed by atoms with Gasteiger partial charge in [-0.1, -0.05) is 6.07 Å². The first-order valence-corrected chi connectivity index (χ1v) is 5.69. The molecule has 3 heteroatoms. The van der Waals surface area contributed by atoms with Crippen molar-refractivity contribution in [1.29, 1.82) is 0 Å². The molecule has 0 bridgehead atoms. The molecule has 1 aliphatic heterocycles. The summed E-state index contributed by atoms with van der Waals surface area (Å²) < 4.78 is 0. The van der Waals surface area contributed by atoms with Crippen molar-refractivity contribution >= 4 is 17.3 Å². The van der Waals surface area contributed by atoms with Crippen molar-refractivity contribution in [1.82, 2.24) is 0 Å². The van der Waals surface area contributed by atoms with Crippen molar-refractivity contribution in [3.8, 4) is 0 Å². The second-order valence-electron chi connectivity index (χ2n) is 4.55. The lowest BCUT2D eigenvalue weighted by Crippen LogP contribution is -2.26. The highest BCUT2D eigenvalue weighted by Gasteiger charge is 2.25. The van der Waals surface area contributed by atoms with Crippen LogP contribution in [0.3, 0.4) is 0 Å². The van der Waals surface area contributed by atoms with Gasteiger partial charge in [-0.15, -0.1) is 0 Å². The fourth-order valence-electron chi connectivity index (χ4n) is 2.49. The molecule has 1 aliphatic rings. The van der Waals surface area contributed by atoms with E-state index in [1.54, 1.807) is 0 Å². The molecule has 1 aromatic rings. The first kappa shape index (κ1) is 11.0. The third kappa shape index (κ3) is 1.56. The number of amides is 1. The normalized spacial score (nSPS) is 15.9. The van der Waals surface area contributed by atoms with E-state index in [1.807, 2.05) is 25.7 Å². The van der Waals surface area contributed by atoms with Crippen LogP contribution in [-0.4, -0.2) is 12.5 Å². The molecule has 0 spiro atoms. The van der Waals surface area contributed by atoms with E-state index >= 15 is 0 Å². The lowest BCUT2D eigenvalue weighted by Gasteiger charge is -2.23. The number of nitrogens with zero attached hydrogens (tertiary/aromatic N) is 1. The zero-order valence-electron chi connectivity index (χ0n) is 10.1. The molecule has 1 heterocycles. The molecule has 86 valence electrons. The molecule has 1 amide bonds. The summed E-state index contributed by atoms with van der Waals surface area (Å²) in [6, 6.07) is 2.06. The van der Waals surface area contributed by atoms with Crippen LogP contribution in [0.5, 0.6) is 0 Å². The molecule has 0 atom stereocenters. The predicted octanol–water partition coefficient (Wildman–Crippen LogP) is 2.32. The molecule has 1 saturated heterocycles. The maximum atomic E-state index is 11.8. The smallest absolute Gasteiger partial charge is 0.227 e. The molecule has 0 aliphatic carbocycles. The van der Waals surface area contributed by atoms with E-state index in [9.17, 15) is 4.79 Å². The highest BCUT2D eigenvalue weighted by Crippen LogP contribution is 2.33. The van der Waals surface area contributed by atoms with E-state index in [2.05, 4.69) is 6.07 Å². The van der Waals surface area contributed by atoms with Crippen molar-refractivity contribution < 1.29 is 4.79 Å². The highest BCUT2D eigenvalue weighted by atomic mass is 16.2. The molecule has 0 radical (unpaired) electrons. The number of nitrogen functional groups attached to an aromatic ring is 1. The number of rotatable bonds is 1. The van der Waals surface area contributed by atoms with E-state index in [1.165, 1.54) is 0 Å². The Bertz CT molecular complexity index is 452. The monoisotopic (exact) mass is 218 g/mol. The molecular weight excluding hydrogens is 200 g/mol. The number of benzene rings is 1. The van der Waals surface area contributed by atoms with E-state index in [0.717, 1.165) is 41.0 Å². The SMILES string of the molecule is Cc1cc(C)c(N2CCCC2=O)c(C)c1N. The van der Waals surface area contributed by atoms with Crippen LogP contribution in [0.2, 0.25) is 0 Å². The van der Waals surface area contributed by atoms with Gasteiger partial charge in [0, 0.05) is 18.7 Å². The molecule has 16 heavy (non-hydrogen) atoms. The van der Waals surface area contributed by atoms with Gasteiger partial charge in [-0.25, -0.2) is 0 Å². The van der Waals surface area contributed by atoms with E-state index in [-0.39, 0.29) is 5.91 Å². The topological polar surface area (TPSA) is 46.3 Å². The van der Waals surface area contributed by atoms with Crippen molar-refractivity contribution in [2.75, 3.05) is 17.2 Å². The van der Waals surface area contributed by atoms with Gasteiger partial charge in [-0.05, 0) is 43.9 Å². The molecule has 3 nitrogen and oxygen atoms in total. The third-order valence-corrected chi connectivity index (χ3v) is 3.33. The average molecular weight is 218 g/mol. The standard InChI is InChI=1S/C13H18N2O/c1-8-7-9(2)13(10(3)12(8)14)15-6-4-5-11(15)16/h7H,4-6,14H2,1-3H3. The van der Waals surface area contributed by atoms with Crippen molar-refractivity contribution in [3.63, 3.8) is 0 Å². The van der Waals surface area contributed by atoms with Gasteiger partial charge in [0.2, 0.25) is 5.91 Å². The Kier molecular flexibility index (Phi) is 2.62. The molecule has 0 aromatic heterocycles. The second kappa shape index (κ2) is 3.81. The fourth-order valence-corrected chi connectivity index (χ4v) is 2.49. The number of carbonyl (C=O) groups is 1. The van der Waals surface area contributed by atoms with Gasteiger partial charge in [0.15, 0.2) is 0 Å². The van der Waals surface area contributed by atoms with Crippen molar-refractivity contribution in [2.24, 2.45) is 0 Å². The quantitative estimate of drug-likeness (QED) is 0.735. The summed E-state index contributed by atoms with van der Waals surface area (Å²) in [6.45, 7) is 6.87. The van der Waals surface area contributed by atoms with Crippen molar-refractivity contribution in [2.45, 2.75) is 33.6 Å². The lowest BCUT2D eigenvalue weighted by molar-refractivity contribution is -0.117. The second-order valence-corrected chi connectivity index (χ2v) is 4.55. The summed E-state index contributed by atoms with van der Waals surface area (Å²) in [5, 5.41) is 0. The van der Waals surface area contributed by atoms with E-state index < -0.39 is 0 Å². The minimum absolute atomic E-state index is 0.217. The van der Waals surface area contributed by atoms with E-state index in [4.69, 9.17) is 5.73 Å². The number of hydrogen-bond acceptors (Lipinski definition) is 2. The third-order valence-electron chi connectivity index (χ3n) is 3.33. The van der Waals surface area contributed by atoms with E-state index in [0.29, 0.717) is 6.42 Å². The molecule has 1 fully saturated rings. The molecule has 1 aromatic carbocycles. The average Bonchev–Trinajstić information content (AvgIpc) is 2.62. The van der Waals surface area contributed by atoms with Crippen LogP contribution in [0.25, 0.3) is 0 Å². The number of hydrogen-bond donors (Lipinski definition) is 1.